The quantitative estimate of drug-likeness (QED) is 0.835. The summed E-state index contributed by atoms with van der Waals surface area (Å²) in [6, 6.07) is 8.77. The summed E-state index contributed by atoms with van der Waals surface area (Å²) in [5, 5.41) is 1.22. The van der Waals surface area contributed by atoms with Crippen molar-refractivity contribution in [2.45, 2.75) is 46.6 Å². The van der Waals surface area contributed by atoms with E-state index in [-0.39, 0.29) is 0 Å². The number of nitrogens with zero attached hydrogens (tertiary/aromatic N) is 2. The Labute approximate surface area is 139 Å². The third-order valence-electron chi connectivity index (χ3n) is 5.12. The molecule has 1 saturated heterocycles. The average Bonchev–Trinajstić information content (AvgIpc) is 2.55. The highest BCUT2D eigenvalue weighted by Crippen LogP contribution is 2.31. The average molecular weight is 312 g/mol. The van der Waals surface area contributed by atoms with Crippen LogP contribution in [0.2, 0.25) is 0 Å². The van der Waals surface area contributed by atoms with Gasteiger partial charge in [0.25, 0.3) is 0 Å². The van der Waals surface area contributed by atoms with E-state index in [2.05, 4.69) is 49.9 Å². The molecule has 0 atom stereocenters. The van der Waals surface area contributed by atoms with Crippen LogP contribution < -0.4 is 4.74 Å². The Kier molecular flexibility index (Phi) is 4.58. The summed E-state index contributed by atoms with van der Waals surface area (Å²) in [5.74, 6) is 0.770. The zero-order valence-electron chi connectivity index (χ0n) is 14.9. The van der Waals surface area contributed by atoms with Gasteiger partial charge in [-0.15, -0.1) is 0 Å². The number of hydrogen-bond donors (Lipinski definition) is 0. The van der Waals surface area contributed by atoms with Crippen LogP contribution in [0.25, 0.3) is 10.9 Å². The molecule has 0 bridgehead atoms. The first kappa shape index (κ1) is 16.3. The third kappa shape index (κ3) is 3.66. The molecule has 0 spiro atoms. The Bertz CT molecular complexity index is 683. The van der Waals surface area contributed by atoms with E-state index >= 15 is 0 Å². The van der Waals surface area contributed by atoms with Crippen molar-refractivity contribution in [1.82, 2.24) is 9.88 Å². The number of rotatable bonds is 4. The lowest BCUT2D eigenvalue weighted by Gasteiger charge is -2.37. The normalized spacial score (nSPS) is 18.3. The van der Waals surface area contributed by atoms with Gasteiger partial charge in [0, 0.05) is 17.5 Å². The monoisotopic (exact) mass is 312 g/mol. The van der Waals surface area contributed by atoms with E-state index in [1.807, 2.05) is 0 Å². The van der Waals surface area contributed by atoms with Crippen molar-refractivity contribution in [2.75, 3.05) is 20.2 Å². The minimum absolute atomic E-state index is 0.484. The van der Waals surface area contributed by atoms with Crippen molar-refractivity contribution >= 4 is 10.9 Å². The van der Waals surface area contributed by atoms with Gasteiger partial charge in [0.05, 0.1) is 12.6 Å². The first-order valence-corrected chi connectivity index (χ1v) is 8.69. The standard InChI is InChI=1S/C20H28N2O/c1-5-15-6-7-18-16(12-15)13-17(19(21-18)23-4)14-22-10-8-20(2,3)9-11-22/h6-7,12-13H,5,8-11,14H2,1-4H3. The van der Waals surface area contributed by atoms with E-state index in [1.165, 1.54) is 29.4 Å². The molecule has 1 fully saturated rings. The maximum absolute atomic E-state index is 5.55. The Morgan fingerprint density at radius 2 is 1.91 bits per heavy atom. The van der Waals surface area contributed by atoms with Gasteiger partial charge in [-0.25, -0.2) is 4.98 Å². The predicted octanol–water partition coefficient (Wildman–Crippen LogP) is 4.43. The summed E-state index contributed by atoms with van der Waals surface area (Å²) in [6.45, 7) is 10.2. The molecule has 0 amide bonds. The lowest BCUT2D eigenvalue weighted by atomic mass is 9.82. The Morgan fingerprint density at radius 3 is 2.57 bits per heavy atom. The molecule has 0 aliphatic carbocycles. The second-order valence-electron chi connectivity index (χ2n) is 7.48. The number of benzene rings is 1. The predicted molar refractivity (Wildman–Crippen MR) is 96.0 cm³/mol. The maximum Gasteiger partial charge on any atom is 0.218 e. The van der Waals surface area contributed by atoms with E-state index in [0.29, 0.717) is 5.41 Å². The van der Waals surface area contributed by atoms with Crippen molar-refractivity contribution in [3.05, 3.63) is 35.4 Å². The minimum atomic E-state index is 0.484. The van der Waals surface area contributed by atoms with Gasteiger partial charge in [0.1, 0.15) is 0 Å². The third-order valence-corrected chi connectivity index (χ3v) is 5.12. The summed E-state index contributed by atoms with van der Waals surface area (Å²) in [5.41, 5.74) is 4.06. The molecule has 1 aromatic heterocycles. The zero-order chi connectivity index (χ0) is 16.4. The zero-order valence-corrected chi connectivity index (χ0v) is 14.9. The van der Waals surface area contributed by atoms with E-state index in [0.717, 1.165) is 37.5 Å². The van der Waals surface area contributed by atoms with Crippen LogP contribution in [0.4, 0.5) is 0 Å². The number of aromatic nitrogens is 1. The molecule has 0 N–H and O–H groups in total. The number of methoxy groups -OCH3 is 1. The maximum atomic E-state index is 5.55. The van der Waals surface area contributed by atoms with Gasteiger partial charge in [0.2, 0.25) is 5.88 Å². The highest BCUT2D eigenvalue weighted by Gasteiger charge is 2.25. The SMILES string of the molecule is CCc1ccc2nc(OC)c(CN3CCC(C)(C)CC3)cc2c1. The summed E-state index contributed by atoms with van der Waals surface area (Å²) in [7, 11) is 1.72. The van der Waals surface area contributed by atoms with Crippen LogP contribution in [0.5, 0.6) is 5.88 Å². The molecule has 3 rings (SSSR count). The molecule has 1 aliphatic heterocycles. The summed E-state index contributed by atoms with van der Waals surface area (Å²) >= 11 is 0. The van der Waals surface area contributed by atoms with Gasteiger partial charge in [-0.05, 0) is 61.5 Å². The molecular formula is C20H28N2O. The second kappa shape index (κ2) is 6.48. The first-order chi connectivity index (χ1) is 11.0. The van der Waals surface area contributed by atoms with Crippen molar-refractivity contribution in [3.8, 4) is 5.88 Å². The smallest absolute Gasteiger partial charge is 0.218 e. The number of aryl methyl sites for hydroxylation is 1. The molecule has 124 valence electrons. The fourth-order valence-electron chi connectivity index (χ4n) is 3.32. The van der Waals surface area contributed by atoms with Gasteiger partial charge in [-0.3, -0.25) is 4.90 Å². The highest BCUT2D eigenvalue weighted by molar-refractivity contribution is 5.81. The van der Waals surface area contributed by atoms with E-state index in [1.54, 1.807) is 7.11 Å². The van der Waals surface area contributed by atoms with Crippen molar-refractivity contribution < 1.29 is 4.74 Å². The largest absolute Gasteiger partial charge is 0.481 e. The molecule has 1 aromatic carbocycles. The molecule has 0 saturated carbocycles. The van der Waals surface area contributed by atoms with Crippen LogP contribution in [0.1, 0.15) is 44.7 Å². The van der Waals surface area contributed by atoms with Crippen LogP contribution in [-0.2, 0) is 13.0 Å². The van der Waals surface area contributed by atoms with Gasteiger partial charge < -0.3 is 4.74 Å². The second-order valence-corrected chi connectivity index (χ2v) is 7.48. The van der Waals surface area contributed by atoms with E-state index in [4.69, 9.17) is 9.72 Å². The molecule has 0 unspecified atom stereocenters. The van der Waals surface area contributed by atoms with Crippen LogP contribution in [0.3, 0.4) is 0 Å². The van der Waals surface area contributed by atoms with Gasteiger partial charge in [-0.1, -0.05) is 26.8 Å². The van der Waals surface area contributed by atoms with Crippen LogP contribution in [0, 0.1) is 5.41 Å². The molecular weight excluding hydrogens is 284 g/mol. The molecule has 3 nitrogen and oxygen atoms in total. The number of ether oxygens (including phenoxy) is 1. The Morgan fingerprint density at radius 1 is 1.17 bits per heavy atom. The van der Waals surface area contributed by atoms with Gasteiger partial charge in [0.15, 0.2) is 0 Å². The summed E-state index contributed by atoms with van der Waals surface area (Å²) in [4.78, 5) is 7.24. The summed E-state index contributed by atoms with van der Waals surface area (Å²) < 4.78 is 5.55. The van der Waals surface area contributed by atoms with Gasteiger partial charge in [-0.2, -0.15) is 0 Å². The van der Waals surface area contributed by atoms with Crippen molar-refractivity contribution in [2.24, 2.45) is 5.41 Å². The molecule has 1 aliphatic rings. The Hall–Kier alpha value is -1.61. The first-order valence-electron chi connectivity index (χ1n) is 8.69. The van der Waals surface area contributed by atoms with E-state index in [9.17, 15) is 0 Å². The van der Waals surface area contributed by atoms with Gasteiger partial charge >= 0.3 is 0 Å². The molecule has 2 aromatic rings. The number of pyridine rings is 1. The van der Waals surface area contributed by atoms with E-state index < -0.39 is 0 Å². The van der Waals surface area contributed by atoms with Crippen molar-refractivity contribution in [3.63, 3.8) is 0 Å². The number of piperidine rings is 1. The molecule has 23 heavy (non-hydrogen) atoms. The van der Waals surface area contributed by atoms with Crippen LogP contribution in [0.15, 0.2) is 24.3 Å². The fourth-order valence-corrected chi connectivity index (χ4v) is 3.32. The molecule has 3 heteroatoms. The lowest BCUT2D eigenvalue weighted by Crippen LogP contribution is -2.36. The number of likely N-dealkylation sites (tertiary alicyclic amines) is 1. The van der Waals surface area contributed by atoms with Crippen LogP contribution >= 0.6 is 0 Å². The minimum Gasteiger partial charge on any atom is -0.481 e. The summed E-state index contributed by atoms with van der Waals surface area (Å²) in [6.07, 6.45) is 3.57. The number of hydrogen-bond acceptors (Lipinski definition) is 3. The van der Waals surface area contributed by atoms with Crippen LogP contribution in [-0.4, -0.2) is 30.1 Å². The fraction of sp³-hybridized carbons (Fsp3) is 0.550. The highest BCUT2D eigenvalue weighted by atomic mass is 16.5. The molecule has 0 radical (unpaired) electrons. The number of fused-ring (bicyclic) bond motifs is 1. The topological polar surface area (TPSA) is 25.4 Å². The van der Waals surface area contributed by atoms with Crippen molar-refractivity contribution in [1.29, 1.82) is 0 Å². The Balaban J connectivity index is 1.86. The molecule has 2 heterocycles. The lowest BCUT2D eigenvalue weighted by molar-refractivity contribution is 0.126.